The summed E-state index contributed by atoms with van der Waals surface area (Å²) in [5.41, 5.74) is 3.43. The summed E-state index contributed by atoms with van der Waals surface area (Å²) in [6.45, 7) is 1.72. The number of aryl methyl sites for hydroxylation is 1. The van der Waals surface area contributed by atoms with Gasteiger partial charge >= 0.3 is 0 Å². The first-order valence-corrected chi connectivity index (χ1v) is 7.46. The molecule has 0 unspecified atom stereocenters. The van der Waals surface area contributed by atoms with Crippen molar-refractivity contribution < 1.29 is 0 Å². The molecule has 0 aliphatic rings. The van der Waals surface area contributed by atoms with E-state index in [9.17, 15) is 0 Å². The molecule has 3 rings (SSSR count). The van der Waals surface area contributed by atoms with Crippen LogP contribution in [0.1, 0.15) is 11.3 Å². The first-order chi connectivity index (χ1) is 9.83. The van der Waals surface area contributed by atoms with Crippen LogP contribution in [0, 0.1) is 0 Å². The molecular weight excluding hydrogens is 270 g/mol. The van der Waals surface area contributed by atoms with Crippen LogP contribution in [-0.4, -0.2) is 26.5 Å². The van der Waals surface area contributed by atoms with E-state index >= 15 is 0 Å². The van der Waals surface area contributed by atoms with Gasteiger partial charge in [0.1, 0.15) is 0 Å². The Bertz CT molecular complexity index is 653. The summed E-state index contributed by atoms with van der Waals surface area (Å²) in [7, 11) is 1.94. The van der Waals surface area contributed by atoms with Gasteiger partial charge in [-0.15, -0.1) is 11.3 Å². The number of H-pyrrole nitrogens is 1. The minimum Gasteiger partial charge on any atom is -0.312 e. The molecule has 0 aliphatic carbocycles. The Kier molecular flexibility index (Phi) is 3.94. The van der Waals surface area contributed by atoms with Crippen LogP contribution in [0.15, 0.2) is 36.0 Å². The molecule has 0 spiro atoms. The fourth-order valence-corrected chi connectivity index (χ4v) is 2.87. The molecule has 0 atom stereocenters. The number of hydrogen-bond donors (Lipinski definition) is 2. The molecule has 3 aromatic heterocycles. The lowest BCUT2D eigenvalue weighted by molar-refractivity contribution is 0.666. The molecule has 104 valence electrons. The third-order valence-electron chi connectivity index (χ3n) is 3.13. The van der Waals surface area contributed by atoms with Gasteiger partial charge in [-0.25, -0.2) is 0 Å². The van der Waals surface area contributed by atoms with Crippen LogP contribution in [0.25, 0.3) is 10.6 Å². The summed E-state index contributed by atoms with van der Waals surface area (Å²) in [6, 6.07) is 6.21. The van der Waals surface area contributed by atoms with Crippen molar-refractivity contribution in [1.82, 2.24) is 25.3 Å². The number of nitrogens with zero attached hydrogens (tertiary/aromatic N) is 3. The number of nitrogens with one attached hydrogen (secondary N) is 2. The molecule has 0 saturated heterocycles. The first-order valence-electron chi connectivity index (χ1n) is 6.58. The third-order valence-corrected chi connectivity index (χ3v) is 4.01. The average Bonchev–Trinajstić information content (AvgIpc) is 3.16. The standard InChI is InChI=1S/C14H17N5S/c1-19-7-5-12(18-19)4-6-15-9-11-10-16-17-14(11)13-3-2-8-20-13/h2-3,5,7-8,10,15H,4,6,9H2,1H3,(H,16,17). The van der Waals surface area contributed by atoms with Crippen molar-refractivity contribution >= 4 is 11.3 Å². The number of hydrogen-bond acceptors (Lipinski definition) is 4. The number of aromatic amines is 1. The number of rotatable bonds is 6. The maximum absolute atomic E-state index is 4.36. The van der Waals surface area contributed by atoms with Gasteiger partial charge in [-0.2, -0.15) is 10.2 Å². The summed E-state index contributed by atoms with van der Waals surface area (Å²) < 4.78 is 1.83. The van der Waals surface area contributed by atoms with Gasteiger partial charge in [0.2, 0.25) is 0 Å². The maximum atomic E-state index is 4.36. The zero-order valence-electron chi connectivity index (χ0n) is 11.3. The molecule has 20 heavy (non-hydrogen) atoms. The van der Waals surface area contributed by atoms with Gasteiger partial charge in [-0.3, -0.25) is 9.78 Å². The zero-order chi connectivity index (χ0) is 13.8. The lowest BCUT2D eigenvalue weighted by atomic mass is 10.2. The van der Waals surface area contributed by atoms with Crippen LogP contribution in [-0.2, 0) is 20.0 Å². The van der Waals surface area contributed by atoms with Crippen LogP contribution < -0.4 is 5.32 Å². The fraction of sp³-hybridized carbons (Fsp3) is 0.286. The van der Waals surface area contributed by atoms with Gasteiger partial charge in [0.25, 0.3) is 0 Å². The summed E-state index contributed by atoms with van der Waals surface area (Å²) in [5, 5.41) is 17.1. The van der Waals surface area contributed by atoms with Gasteiger partial charge in [0, 0.05) is 38.3 Å². The van der Waals surface area contributed by atoms with E-state index in [0.29, 0.717) is 0 Å². The number of thiophene rings is 1. The lowest BCUT2D eigenvalue weighted by Gasteiger charge is -2.03. The quantitative estimate of drug-likeness (QED) is 0.683. The first kappa shape index (κ1) is 13.1. The highest BCUT2D eigenvalue weighted by molar-refractivity contribution is 7.13. The van der Waals surface area contributed by atoms with Crippen molar-refractivity contribution in [3.8, 4) is 10.6 Å². The highest BCUT2D eigenvalue weighted by Crippen LogP contribution is 2.25. The molecule has 0 bridgehead atoms. The minimum absolute atomic E-state index is 0.816. The monoisotopic (exact) mass is 287 g/mol. The van der Waals surface area contributed by atoms with Crippen LogP contribution in [0.5, 0.6) is 0 Å². The molecular formula is C14H17N5S. The van der Waals surface area contributed by atoms with E-state index in [1.54, 1.807) is 11.3 Å². The van der Waals surface area contributed by atoms with Crippen LogP contribution >= 0.6 is 11.3 Å². The molecule has 0 amide bonds. The Morgan fingerprint density at radius 3 is 3.10 bits per heavy atom. The summed E-state index contributed by atoms with van der Waals surface area (Å²) in [5.74, 6) is 0. The second kappa shape index (κ2) is 6.02. The predicted octanol–water partition coefficient (Wildman–Crippen LogP) is 2.20. The Morgan fingerprint density at radius 2 is 2.35 bits per heavy atom. The summed E-state index contributed by atoms with van der Waals surface area (Å²) in [6.07, 6.45) is 4.80. The van der Waals surface area contributed by atoms with E-state index < -0.39 is 0 Å². The average molecular weight is 287 g/mol. The molecule has 0 aliphatic heterocycles. The zero-order valence-corrected chi connectivity index (χ0v) is 12.2. The molecule has 5 nitrogen and oxygen atoms in total. The second-order valence-corrected chi connectivity index (χ2v) is 5.60. The highest BCUT2D eigenvalue weighted by atomic mass is 32.1. The summed E-state index contributed by atoms with van der Waals surface area (Å²) >= 11 is 1.72. The van der Waals surface area contributed by atoms with E-state index in [2.05, 4.69) is 44.2 Å². The van der Waals surface area contributed by atoms with Crippen LogP contribution in [0.2, 0.25) is 0 Å². The van der Waals surface area contributed by atoms with Gasteiger partial charge in [0.05, 0.1) is 22.5 Å². The smallest absolute Gasteiger partial charge is 0.0794 e. The molecule has 6 heteroatoms. The van der Waals surface area contributed by atoms with E-state index in [4.69, 9.17) is 0 Å². The van der Waals surface area contributed by atoms with Crippen molar-refractivity contribution in [3.63, 3.8) is 0 Å². The Hall–Kier alpha value is -1.92. The fourth-order valence-electron chi connectivity index (χ4n) is 2.12. The van der Waals surface area contributed by atoms with E-state index in [-0.39, 0.29) is 0 Å². The van der Waals surface area contributed by atoms with Gasteiger partial charge < -0.3 is 5.32 Å². The Balaban J connectivity index is 1.53. The molecule has 0 aromatic carbocycles. The largest absolute Gasteiger partial charge is 0.312 e. The molecule has 0 fully saturated rings. The predicted molar refractivity (Wildman–Crippen MR) is 80.5 cm³/mol. The lowest BCUT2D eigenvalue weighted by Crippen LogP contribution is -2.17. The van der Waals surface area contributed by atoms with Gasteiger partial charge in [-0.05, 0) is 17.5 Å². The normalized spacial score (nSPS) is 11.1. The van der Waals surface area contributed by atoms with Gasteiger partial charge in [0.15, 0.2) is 0 Å². The summed E-state index contributed by atoms with van der Waals surface area (Å²) in [4.78, 5) is 1.23. The molecule has 0 saturated carbocycles. The minimum atomic E-state index is 0.816. The molecule has 2 N–H and O–H groups in total. The van der Waals surface area contributed by atoms with Crippen molar-refractivity contribution in [3.05, 3.63) is 47.2 Å². The SMILES string of the molecule is Cn1ccc(CCNCc2cn[nH]c2-c2cccs2)n1. The number of aromatic nitrogens is 4. The Labute approximate surface area is 121 Å². The van der Waals surface area contributed by atoms with Crippen molar-refractivity contribution in [2.75, 3.05) is 6.54 Å². The van der Waals surface area contributed by atoms with Crippen molar-refractivity contribution in [1.29, 1.82) is 0 Å². The second-order valence-electron chi connectivity index (χ2n) is 4.66. The third kappa shape index (κ3) is 2.97. The van der Waals surface area contributed by atoms with E-state index in [0.717, 1.165) is 30.9 Å². The van der Waals surface area contributed by atoms with E-state index in [1.807, 2.05) is 24.1 Å². The topological polar surface area (TPSA) is 58.5 Å². The van der Waals surface area contributed by atoms with Gasteiger partial charge in [-0.1, -0.05) is 6.07 Å². The molecule has 3 heterocycles. The molecule has 0 radical (unpaired) electrons. The maximum Gasteiger partial charge on any atom is 0.0794 e. The van der Waals surface area contributed by atoms with Crippen molar-refractivity contribution in [2.45, 2.75) is 13.0 Å². The highest BCUT2D eigenvalue weighted by Gasteiger charge is 2.08. The Morgan fingerprint density at radius 1 is 1.40 bits per heavy atom. The van der Waals surface area contributed by atoms with Crippen LogP contribution in [0.4, 0.5) is 0 Å². The van der Waals surface area contributed by atoms with Crippen molar-refractivity contribution in [2.24, 2.45) is 7.05 Å². The van der Waals surface area contributed by atoms with Crippen LogP contribution in [0.3, 0.4) is 0 Å². The molecule has 3 aromatic rings. The van der Waals surface area contributed by atoms with E-state index in [1.165, 1.54) is 10.4 Å².